The summed E-state index contributed by atoms with van der Waals surface area (Å²) in [4.78, 5) is 11.7. The van der Waals surface area contributed by atoms with Gasteiger partial charge >= 0.3 is 5.97 Å². The average molecular weight is 344 g/mol. The lowest BCUT2D eigenvalue weighted by Gasteiger charge is -2.37. The van der Waals surface area contributed by atoms with Crippen molar-refractivity contribution in [3.8, 4) is 11.3 Å². The Morgan fingerprint density at radius 3 is 2.45 bits per heavy atom. The van der Waals surface area contributed by atoms with Crippen LogP contribution in [0.5, 0.6) is 0 Å². The fourth-order valence-corrected chi connectivity index (χ4v) is 2.90. The van der Waals surface area contributed by atoms with Gasteiger partial charge in [-0.2, -0.15) is 0 Å². The molecule has 0 saturated carbocycles. The number of aromatic nitrogens is 1. The number of carboxylic acids is 1. The van der Waals surface area contributed by atoms with Crippen LogP contribution in [0.4, 0.5) is 0 Å². The lowest BCUT2D eigenvalue weighted by Crippen LogP contribution is -2.48. The van der Waals surface area contributed by atoms with Crippen LogP contribution in [-0.2, 0) is 15.1 Å². The molecule has 6 nitrogen and oxygen atoms in total. The van der Waals surface area contributed by atoms with E-state index in [1.54, 1.807) is 18.2 Å². The Hall–Kier alpha value is -1.60. The SMILES string of the molecule is COC1(c2onc(-c3c(Cl)cccc3Cl)c2C(=O)O)COC1. The first kappa shape index (κ1) is 15.3. The number of rotatable bonds is 4. The smallest absolute Gasteiger partial charge is 0.341 e. The Kier molecular flexibility index (Phi) is 3.86. The zero-order chi connectivity index (χ0) is 15.9. The van der Waals surface area contributed by atoms with Gasteiger partial charge in [0.1, 0.15) is 11.3 Å². The Labute approximate surface area is 135 Å². The summed E-state index contributed by atoms with van der Waals surface area (Å²) in [5.41, 5.74) is -0.696. The Bertz CT molecular complexity index is 713. The van der Waals surface area contributed by atoms with Gasteiger partial charge in [-0.05, 0) is 12.1 Å². The number of benzene rings is 1. The van der Waals surface area contributed by atoms with E-state index in [0.29, 0.717) is 5.56 Å². The molecule has 1 aromatic carbocycles. The van der Waals surface area contributed by atoms with Gasteiger partial charge in [0.25, 0.3) is 0 Å². The molecule has 1 saturated heterocycles. The van der Waals surface area contributed by atoms with E-state index in [1.165, 1.54) is 7.11 Å². The van der Waals surface area contributed by atoms with E-state index in [4.69, 9.17) is 37.2 Å². The second-order valence-corrected chi connectivity index (χ2v) is 5.64. The van der Waals surface area contributed by atoms with Gasteiger partial charge in [0.05, 0.1) is 23.3 Å². The molecule has 0 radical (unpaired) electrons. The number of halogens is 2. The summed E-state index contributed by atoms with van der Waals surface area (Å²) in [5, 5.41) is 14.0. The van der Waals surface area contributed by atoms with Gasteiger partial charge in [-0.1, -0.05) is 34.4 Å². The minimum Gasteiger partial charge on any atom is -0.477 e. The summed E-state index contributed by atoms with van der Waals surface area (Å²) in [5.74, 6) is -1.11. The molecule has 0 atom stereocenters. The van der Waals surface area contributed by atoms with Gasteiger partial charge in [-0.15, -0.1) is 0 Å². The third kappa shape index (κ3) is 2.19. The highest BCUT2D eigenvalue weighted by Crippen LogP contribution is 2.42. The molecule has 2 aromatic rings. The van der Waals surface area contributed by atoms with Crippen LogP contribution in [0.15, 0.2) is 22.7 Å². The highest BCUT2D eigenvalue weighted by atomic mass is 35.5. The van der Waals surface area contributed by atoms with Crippen molar-refractivity contribution < 1.29 is 23.9 Å². The standard InChI is InChI=1S/C14H11Cl2NO5/c1-20-14(5-21-6-14)12-10(13(18)19)11(17-22-12)9-7(15)3-2-4-8(9)16/h2-4H,5-6H2,1H3,(H,18,19). The number of hydrogen-bond acceptors (Lipinski definition) is 5. The normalized spacial score (nSPS) is 16.3. The molecule has 1 fully saturated rings. The third-order valence-electron chi connectivity index (χ3n) is 3.58. The maximum absolute atomic E-state index is 11.7. The summed E-state index contributed by atoms with van der Waals surface area (Å²) in [6.45, 7) is 0.378. The summed E-state index contributed by atoms with van der Waals surface area (Å²) >= 11 is 12.3. The Morgan fingerprint density at radius 2 is 2.00 bits per heavy atom. The molecule has 1 aliphatic heterocycles. The van der Waals surface area contributed by atoms with E-state index < -0.39 is 11.6 Å². The molecule has 116 valence electrons. The maximum atomic E-state index is 11.7. The summed E-state index contributed by atoms with van der Waals surface area (Å²) in [6, 6.07) is 4.86. The molecule has 1 N–H and O–H groups in total. The molecule has 8 heteroatoms. The van der Waals surface area contributed by atoms with Crippen LogP contribution >= 0.6 is 23.2 Å². The van der Waals surface area contributed by atoms with Crippen LogP contribution in [0.2, 0.25) is 10.0 Å². The molecule has 3 rings (SSSR count). The minimum absolute atomic E-state index is 0.0708. The van der Waals surface area contributed by atoms with Crippen LogP contribution in [0.3, 0.4) is 0 Å². The predicted molar refractivity (Wildman–Crippen MR) is 78.4 cm³/mol. The first-order valence-electron chi connectivity index (χ1n) is 6.31. The molecular formula is C14H11Cl2NO5. The van der Waals surface area contributed by atoms with E-state index in [2.05, 4.69) is 5.16 Å². The number of hydrogen-bond donors (Lipinski definition) is 1. The molecule has 1 aromatic heterocycles. The minimum atomic E-state index is -1.20. The Balaban J connectivity index is 2.22. The van der Waals surface area contributed by atoms with Crippen LogP contribution in [0.1, 0.15) is 16.1 Å². The summed E-state index contributed by atoms with van der Waals surface area (Å²) < 4.78 is 15.8. The lowest BCUT2D eigenvalue weighted by atomic mass is 9.93. The topological polar surface area (TPSA) is 81.8 Å². The second-order valence-electron chi connectivity index (χ2n) is 4.83. The number of nitrogens with zero attached hydrogens (tertiary/aromatic N) is 1. The van der Waals surface area contributed by atoms with Gasteiger partial charge < -0.3 is 19.1 Å². The van der Waals surface area contributed by atoms with Crippen LogP contribution < -0.4 is 0 Å². The van der Waals surface area contributed by atoms with Crippen molar-refractivity contribution in [3.05, 3.63) is 39.6 Å². The summed E-state index contributed by atoms with van der Waals surface area (Å²) in [7, 11) is 1.46. The van der Waals surface area contributed by atoms with Gasteiger partial charge in [0.15, 0.2) is 11.4 Å². The molecule has 1 aliphatic rings. The molecule has 0 unspecified atom stereocenters. The first-order chi connectivity index (χ1) is 10.5. The number of carbonyl (C=O) groups is 1. The first-order valence-corrected chi connectivity index (χ1v) is 7.06. The van der Waals surface area contributed by atoms with Gasteiger partial charge in [0, 0.05) is 12.7 Å². The van der Waals surface area contributed by atoms with Crippen molar-refractivity contribution in [2.45, 2.75) is 5.60 Å². The molecule has 0 aliphatic carbocycles. The molecular weight excluding hydrogens is 333 g/mol. The van der Waals surface area contributed by atoms with Crippen molar-refractivity contribution in [2.24, 2.45) is 0 Å². The van der Waals surface area contributed by atoms with Crippen molar-refractivity contribution in [1.29, 1.82) is 0 Å². The second kappa shape index (κ2) is 5.55. The largest absolute Gasteiger partial charge is 0.477 e. The van der Waals surface area contributed by atoms with E-state index in [9.17, 15) is 9.90 Å². The number of ether oxygens (including phenoxy) is 2. The van der Waals surface area contributed by atoms with Crippen molar-refractivity contribution in [1.82, 2.24) is 5.16 Å². The fraction of sp³-hybridized carbons (Fsp3) is 0.286. The lowest BCUT2D eigenvalue weighted by molar-refractivity contribution is -0.213. The van der Waals surface area contributed by atoms with E-state index in [1.807, 2.05) is 0 Å². The average Bonchev–Trinajstić information content (AvgIpc) is 2.83. The predicted octanol–water partition coefficient (Wildman–Crippen LogP) is 3.22. The van der Waals surface area contributed by atoms with E-state index in [0.717, 1.165) is 0 Å². The number of methoxy groups -OCH3 is 1. The molecule has 0 amide bonds. The van der Waals surface area contributed by atoms with Crippen molar-refractivity contribution in [3.63, 3.8) is 0 Å². The highest BCUT2D eigenvalue weighted by molar-refractivity contribution is 6.39. The molecule has 22 heavy (non-hydrogen) atoms. The van der Waals surface area contributed by atoms with Crippen molar-refractivity contribution >= 4 is 29.2 Å². The molecule has 0 bridgehead atoms. The third-order valence-corrected chi connectivity index (χ3v) is 4.21. The Morgan fingerprint density at radius 1 is 1.36 bits per heavy atom. The van der Waals surface area contributed by atoms with Gasteiger partial charge in [-0.3, -0.25) is 0 Å². The molecule has 2 heterocycles. The van der Waals surface area contributed by atoms with Crippen LogP contribution in [0, 0.1) is 0 Å². The van der Waals surface area contributed by atoms with Crippen molar-refractivity contribution in [2.75, 3.05) is 20.3 Å². The van der Waals surface area contributed by atoms with Gasteiger partial charge in [-0.25, -0.2) is 4.79 Å². The zero-order valence-corrected chi connectivity index (χ0v) is 12.9. The van der Waals surface area contributed by atoms with Crippen LogP contribution in [0.25, 0.3) is 11.3 Å². The van der Waals surface area contributed by atoms with Crippen LogP contribution in [-0.4, -0.2) is 36.6 Å². The molecule has 0 spiro atoms. The van der Waals surface area contributed by atoms with Gasteiger partial charge in [0.2, 0.25) is 0 Å². The quantitative estimate of drug-likeness (QED) is 0.917. The fourth-order valence-electron chi connectivity index (χ4n) is 2.32. The maximum Gasteiger partial charge on any atom is 0.341 e. The highest BCUT2D eigenvalue weighted by Gasteiger charge is 2.48. The monoisotopic (exact) mass is 343 g/mol. The van der Waals surface area contributed by atoms with E-state index in [-0.39, 0.29) is 40.3 Å². The summed E-state index contributed by atoms with van der Waals surface area (Å²) in [6.07, 6.45) is 0. The number of carboxylic acid groups (broad SMARTS) is 1. The zero-order valence-electron chi connectivity index (χ0n) is 11.4. The number of aromatic carboxylic acids is 1. The van der Waals surface area contributed by atoms with E-state index >= 15 is 0 Å².